The summed E-state index contributed by atoms with van der Waals surface area (Å²) in [6.07, 6.45) is -1.51. The Kier molecular flexibility index (Phi) is 6.01. The Hall–Kier alpha value is -3.81. The van der Waals surface area contributed by atoms with Crippen molar-refractivity contribution in [3.05, 3.63) is 65.1 Å². The molecule has 0 bridgehead atoms. The molecule has 1 atom stereocenters. The van der Waals surface area contributed by atoms with Crippen LogP contribution in [0.2, 0.25) is 0 Å². The van der Waals surface area contributed by atoms with Gasteiger partial charge in [0.25, 0.3) is 5.91 Å². The highest BCUT2D eigenvalue weighted by Gasteiger charge is 2.32. The third-order valence-corrected chi connectivity index (χ3v) is 4.32. The molecular weight excluding hydrogens is 411 g/mol. The molecule has 0 aliphatic rings. The molecule has 0 saturated carbocycles. The maximum atomic E-state index is 12.9. The van der Waals surface area contributed by atoms with Crippen molar-refractivity contribution >= 4 is 5.91 Å². The zero-order valence-electron chi connectivity index (χ0n) is 16.8. The van der Waals surface area contributed by atoms with E-state index in [9.17, 15) is 18.0 Å². The average molecular weight is 429 g/mol. The molecule has 0 unspecified atom stereocenters. The predicted octanol–water partition coefficient (Wildman–Crippen LogP) is 3.56. The summed E-state index contributed by atoms with van der Waals surface area (Å²) in [6.45, 7) is 5.42. The summed E-state index contributed by atoms with van der Waals surface area (Å²) in [5.74, 6) is 0.473. The highest BCUT2D eigenvalue weighted by Crippen LogP contribution is 2.29. The number of aromatic nitrogens is 5. The molecule has 0 saturated heterocycles. The molecule has 0 aromatic carbocycles. The highest BCUT2D eigenvalue weighted by molar-refractivity contribution is 5.94. The third-order valence-electron chi connectivity index (χ3n) is 4.32. The van der Waals surface area contributed by atoms with Gasteiger partial charge in [-0.3, -0.25) is 9.78 Å². The second-order valence-corrected chi connectivity index (χ2v) is 7.07. The normalized spacial score (nSPS) is 12.5. The number of nitrogens with zero attached hydrogens (tertiary/aromatic N) is 6. The van der Waals surface area contributed by atoms with E-state index in [-0.39, 0.29) is 11.5 Å². The van der Waals surface area contributed by atoms with E-state index in [1.54, 1.807) is 19.1 Å². The van der Waals surface area contributed by atoms with Crippen LogP contribution in [0.1, 0.15) is 65.9 Å². The average Bonchev–Trinajstić information content (AvgIpc) is 3.19. The second kappa shape index (κ2) is 8.51. The molecule has 0 aliphatic carbocycles. The number of hydrogen-bond donors (Lipinski definition) is 1. The Bertz CT molecular complexity index is 1130. The molecule has 3 rings (SSSR count). The topological polar surface area (TPSA) is 109 Å². The number of nitriles is 1. The van der Waals surface area contributed by atoms with Crippen molar-refractivity contribution in [1.29, 1.82) is 5.26 Å². The smallest absolute Gasteiger partial charge is 0.342 e. The van der Waals surface area contributed by atoms with Gasteiger partial charge in [-0.25, -0.2) is 9.97 Å². The van der Waals surface area contributed by atoms with E-state index in [2.05, 4.69) is 25.4 Å². The Morgan fingerprint density at radius 3 is 2.52 bits per heavy atom. The van der Waals surface area contributed by atoms with E-state index in [1.165, 1.54) is 10.9 Å². The summed E-state index contributed by atoms with van der Waals surface area (Å²) in [5.41, 5.74) is -0.874. The molecule has 11 heteroatoms. The van der Waals surface area contributed by atoms with E-state index in [0.29, 0.717) is 29.2 Å². The first kappa shape index (κ1) is 21.9. The zero-order chi connectivity index (χ0) is 22.8. The van der Waals surface area contributed by atoms with E-state index in [1.807, 2.05) is 19.9 Å². The van der Waals surface area contributed by atoms with Gasteiger partial charge in [-0.1, -0.05) is 13.8 Å². The van der Waals surface area contributed by atoms with Gasteiger partial charge in [0, 0.05) is 24.5 Å². The molecule has 1 amide bonds. The second-order valence-electron chi connectivity index (χ2n) is 7.07. The van der Waals surface area contributed by atoms with Crippen LogP contribution in [0.3, 0.4) is 0 Å². The number of hydrogen-bond acceptors (Lipinski definition) is 6. The van der Waals surface area contributed by atoms with Crippen LogP contribution in [0.25, 0.3) is 5.82 Å². The molecule has 0 radical (unpaired) electrons. The molecule has 1 N–H and O–H groups in total. The van der Waals surface area contributed by atoms with Crippen molar-refractivity contribution in [2.45, 2.75) is 38.9 Å². The molecular formula is C20H18F3N7O. The molecule has 31 heavy (non-hydrogen) atoms. The standard InChI is InChI=1S/C20H18F3N7O/c1-11(2)17-28-18(30(29-17)16-5-4-13(7-24)8-26-16)12(3)27-19(31)14-6-15(10-25-9-14)20(21,22)23/h4-6,8-12H,1-3H3,(H,27,31)/t12-/m0/s1. The van der Waals surface area contributed by atoms with Gasteiger partial charge < -0.3 is 5.32 Å². The maximum Gasteiger partial charge on any atom is 0.417 e. The molecule has 8 nitrogen and oxygen atoms in total. The SMILES string of the molecule is CC(C)c1nc([C@H](C)NC(=O)c2cncc(C(F)(F)F)c2)n(-c2ccc(C#N)cn2)n1. The van der Waals surface area contributed by atoms with Gasteiger partial charge in [-0.05, 0) is 25.1 Å². The van der Waals surface area contributed by atoms with Crippen molar-refractivity contribution in [3.8, 4) is 11.9 Å². The fraction of sp³-hybridized carbons (Fsp3) is 0.300. The Labute approximate surface area is 175 Å². The van der Waals surface area contributed by atoms with Gasteiger partial charge in [0.1, 0.15) is 6.07 Å². The number of halogens is 3. The van der Waals surface area contributed by atoms with E-state index >= 15 is 0 Å². The summed E-state index contributed by atoms with van der Waals surface area (Å²) in [5, 5.41) is 16.0. The fourth-order valence-corrected chi connectivity index (χ4v) is 2.68. The van der Waals surface area contributed by atoms with Gasteiger partial charge in [-0.2, -0.15) is 23.1 Å². The largest absolute Gasteiger partial charge is 0.417 e. The van der Waals surface area contributed by atoms with Crippen LogP contribution in [-0.2, 0) is 6.18 Å². The minimum Gasteiger partial charge on any atom is -0.342 e. The van der Waals surface area contributed by atoms with Gasteiger partial charge in [0.2, 0.25) is 0 Å². The Morgan fingerprint density at radius 2 is 1.94 bits per heavy atom. The Balaban J connectivity index is 1.91. The molecule has 0 spiro atoms. The number of alkyl halides is 3. The minimum atomic E-state index is -4.61. The summed E-state index contributed by atoms with van der Waals surface area (Å²) < 4.78 is 40.2. The number of rotatable bonds is 5. The molecule has 3 heterocycles. The first-order valence-electron chi connectivity index (χ1n) is 9.26. The van der Waals surface area contributed by atoms with Crippen LogP contribution < -0.4 is 5.32 Å². The zero-order valence-corrected chi connectivity index (χ0v) is 16.8. The van der Waals surface area contributed by atoms with Gasteiger partial charge >= 0.3 is 6.18 Å². The molecule has 3 aromatic heterocycles. The fourth-order valence-electron chi connectivity index (χ4n) is 2.68. The predicted molar refractivity (Wildman–Crippen MR) is 103 cm³/mol. The van der Waals surface area contributed by atoms with E-state index < -0.39 is 23.7 Å². The first-order valence-corrected chi connectivity index (χ1v) is 9.26. The quantitative estimate of drug-likeness (QED) is 0.664. The number of pyridine rings is 2. The van der Waals surface area contributed by atoms with Gasteiger partial charge in [-0.15, -0.1) is 5.10 Å². The lowest BCUT2D eigenvalue weighted by molar-refractivity contribution is -0.137. The summed E-state index contributed by atoms with van der Waals surface area (Å²) in [6, 6.07) is 5.16. The van der Waals surface area contributed by atoms with Gasteiger partial charge in [0.05, 0.1) is 22.7 Å². The lowest BCUT2D eigenvalue weighted by atomic mass is 10.1. The minimum absolute atomic E-state index is 0.0195. The molecule has 160 valence electrons. The third kappa shape index (κ3) is 4.85. The van der Waals surface area contributed by atoms with Crippen molar-refractivity contribution in [1.82, 2.24) is 30.0 Å². The maximum absolute atomic E-state index is 12.9. The van der Waals surface area contributed by atoms with E-state index in [0.717, 1.165) is 12.3 Å². The number of amides is 1. The van der Waals surface area contributed by atoms with Crippen LogP contribution >= 0.6 is 0 Å². The summed E-state index contributed by atoms with van der Waals surface area (Å²) in [7, 11) is 0. The highest BCUT2D eigenvalue weighted by atomic mass is 19.4. The lowest BCUT2D eigenvalue weighted by Crippen LogP contribution is -2.29. The van der Waals surface area contributed by atoms with Crippen LogP contribution in [-0.4, -0.2) is 30.6 Å². The molecule has 0 aliphatic heterocycles. The first-order chi connectivity index (χ1) is 14.6. The van der Waals surface area contributed by atoms with E-state index in [4.69, 9.17) is 5.26 Å². The summed E-state index contributed by atoms with van der Waals surface area (Å²) >= 11 is 0. The lowest BCUT2D eigenvalue weighted by Gasteiger charge is -2.15. The monoisotopic (exact) mass is 429 g/mol. The van der Waals surface area contributed by atoms with Crippen LogP contribution in [0.5, 0.6) is 0 Å². The number of carbonyl (C=O) groups is 1. The van der Waals surface area contributed by atoms with Crippen molar-refractivity contribution in [2.24, 2.45) is 0 Å². The Morgan fingerprint density at radius 1 is 1.19 bits per heavy atom. The number of carbonyl (C=O) groups excluding carboxylic acids is 1. The van der Waals surface area contributed by atoms with Crippen LogP contribution in [0.4, 0.5) is 13.2 Å². The van der Waals surface area contributed by atoms with Gasteiger partial charge in [0.15, 0.2) is 17.5 Å². The van der Waals surface area contributed by atoms with Crippen molar-refractivity contribution < 1.29 is 18.0 Å². The van der Waals surface area contributed by atoms with Crippen LogP contribution in [0.15, 0.2) is 36.8 Å². The van der Waals surface area contributed by atoms with Crippen LogP contribution in [0, 0.1) is 11.3 Å². The number of nitrogens with one attached hydrogen (secondary N) is 1. The summed E-state index contributed by atoms with van der Waals surface area (Å²) in [4.78, 5) is 24.7. The molecule has 0 fully saturated rings. The molecule has 3 aromatic rings. The van der Waals surface area contributed by atoms with Crippen molar-refractivity contribution in [2.75, 3.05) is 0 Å². The van der Waals surface area contributed by atoms with Crippen molar-refractivity contribution in [3.63, 3.8) is 0 Å².